The zero-order valence-corrected chi connectivity index (χ0v) is 10.0. The average molecular weight is 239 g/mol. The highest BCUT2D eigenvalue weighted by Gasteiger charge is 2.05. The number of aromatic amines is 2. The molecule has 3 aromatic rings. The van der Waals surface area contributed by atoms with E-state index in [9.17, 15) is 4.79 Å². The predicted octanol–water partition coefficient (Wildman–Crippen LogP) is 2.48. The van der Waals surface area contributed by atoms with E-state index < -0.39 is 0 Å². The molecule has 90 valence electrons. The maximum Gasteiger partial charge on any atom is 0.247 e. The maximum atomic E-state index is 11.0. The van der Waals surface area contributed by atoms with Crippen molar-refractivity contribution in [3.05, 3.63) is 52.4 Å². The van der Waals surface area contributed by atoms with Crippen LogP contribution >= 0.6 is 0 Å². The minimum absolute atomic E-state index is 0.108. The lowest BCUT2D eigenvalue weighted by molar-refractivity contribution is 1.14. The summed E-state index contributed by atoms with van der Waals surface area (Å²) in [6.07, 6.45) is 2.67. The minimum Gasteiger partial charge on any atom is -0.338 e. The summed E-state index contributed by atoms with van der Waals surface area (Å²) in [6.45, 7) is 2.13. The van der Waals surface area contributed by atoms with Gasteiger partial charge in [-0.15, -0.1) is 0 Å². The Morgan fingerprint density at radius 3 is 2.83 bits per heavy atom. The third kappa shape index (κ3) is 1.82. The van der Waals surface area contributed by atoms with E-state index >= 15 is 0 Å². The number of benzene rings is 1. The van der Waals surface area contributed by atoms with Gasteiger partial charge in [0.25, 0.3) is 0 Å². The van der Waals surface area contributed by atoms with Gasteiger partial charge in [-0.25, -0.2) is 4.98 Å². The predicted molar refractivity (Wildman–Crippen MR) is 71.5 cm³/mol. The van der Waals surface area contributed by atoms with Crippen molar-refractivity contribution in [1.29, 1.82) is 0 Å². The summed E-state index contributed by atoms with van der Waals surface area (Å²) < 4.78 is 0. The van der Waals surface area contributed by atoms with Gasteiger partial charge < -0.3 is 9.97 Å². The van der Waals surface area contributed by atoms with Crippen LogP contribution in [0.3, 0.4) is 0 Å². The molecule has 0 fully saturated rings. The molecule has 0 saturated heterocycles. The summed E-state index contributed by atoms with van der Waals surface area (Å²) in [5.74, 6) is 0.773. The van der Waals surface area contributed by atoms with Gasteiger partial charge in [0.15, 0.2) is 0 Å². The first-order valence-corrected chi connectivity index (χ1v) is 5.94. The summed E-state index contributed by atoms with van der Waals surface area (Å²) >= 11 is 0. The molecule has 1 aromatic carbocycles. The number of H-pyrrole nitrogens is 2. The second kappa shape index (κ2) is 4.14. The minimum atomic E-state index is -0.108. The molecule has 18 heavy (non-hydrogen) atoms. The van der Waals surface area contributed by atoms with E-state index in [0.29, 0.717) is 0 Å². The van der Waals surface area contributed by atoms with E-state index in [0.717, 1.165) is 28.8 Å². The third-order valence-electron chi connectivity index (χ3n) is 3.01. The molecule has 0 aliphatic rings. The Morgan fingerprint density at radius 2 is 2.11 bits per heavy atom. The Labute approximate surface area is 104 Å². The van der Waals surface area contributed by atoms with Crippen molar-refractivity contribution in [2.75, 3.05) is 0 Å². The van der Waals surface area contributed by atoms with Gasteiger partial charge in [-0.3, -0.25) is 4.79 Å². The summed E-state index contributed by atoms with van der Waals surface area (Å²) in [6, 6.07) is 9.47. The summed E-state index contributed by atoms with van der Waals surface area (Å²) in [5, 5.41) is 0. The number of hydrogen-bond donors (Lipinski definition) is 2. The van der Waals surface area contributed by atoms with Crippen LogP contribution in [-0.4, -0.2) is 15.0 Å². The second-order valence-electron chi connectivity index (χ2n) is 4.23. The van der Waals surface area contributed by atoms with Crippen LogP contribution in [0.4, 0.5) is 0 Å². The molecule has 0 spiro atoms. The van der Waals surface area contributed by atoms with E-state index in [4.69, 9.17) is 0 Å². The van der Waals surface area contributed by atoms with Gasteiger partial charge in [-0.1, -0.05) is 13.0 Å². The van der Waals surface area contributed by atoms with Crippen LogP contribution in [0.1, 0.15) is 12.5 Å². The molecule has 0 radical (unpaired) electrons. The molecule has 0 amide bonds. The van der Waals surface area contributed by atoms with Crippen molar-refractivity contribution < 1.29 is 0 Å². The van der Waals surface area contributed by atoms with Crippen LogP contribution in [-0.2, 0) is 6.42 Å². The van der Waals surface area contributed by atoms with Crippen molar-refractivity contribution in [2.45, 2.75) is 13.3 Å². The highest BCUT2D eigenvalue weighted by molar-refractivity contribution is 5.79. The van der Waals surface area contributed by atoms with E-state index in [1.165, 1.54) is 11.6 Å². The number of rotatable bonds is 2. The van der Waals surface area contributed by atoms with E-state index in [1.54, 1.807) is 12.3 Å². The largest absolute Gasteiger partial charge is 0.338 e. The van der Waals surface area contributed by atoms with Crippen molar-refractivity contribution in [3.63, 3.8) is 0 Å². The number of nitrogens with zero attached hydrogens (tertiary/aromatic N) is 1. The van der Waals surface area contributed by atoms with E-state index in [2.05, 4.69) is 34.0 Å². The summed E-state index contributed by atoms with van der Waals surface area (Å²) in [5.41, 5.74) is 4.01. The fourth-order valence-corrected chi connectivity index (χ4v) is 1.97. The zero-order chi connectivity index (χ0) is 12.5. The molecule has 4 nitrogen and oxygen atoms in total. The van der Waals surface area contributed by atoms with Crippen molar-refractivity contribution in [2.24, 2.45) is 0 Å². The molecule has 2 aromatic heterocycles. The van der Waals surface area contributed by atoms with Crippen LogP contribution < -0.4 is 5.56 Å². The lowest BCUT2D eigenvalue weighted by atomic mass is 10.1. The molecule has 0 aliphatic carbocycles. The summed E-state index contributed by atoms with van der Waals surface area (Å²) in [7, 11) is 0. The number of aryl methyl sites for hydroxylation is 1. The average Bonchev–Trinajstić information content (AvgIpc) is 2.82. The fraction of sp³-hybridized carbons (Fsp3) is 0.143. The van der Waals surface area contributed by atoms with Crippen LogP contribution in [0, 0.1) is 0 Å². The Hall–Kier alpha value is -2.36. The number of fused-ring (bicyclic) bond motifs is 1. The van der Waals surface area contributed by atoms with Crippen LogP contribution in [0.15, 0.2) is 41.3 Å². The Kier molecular flexibility index (Phi) is 2.48. The SMILES string of the molecule is CCc1ccc2nc(-c3ccc(=O)[nH]c3)[nH]c2c1. The first-order valence-electron chi connectivity index (χ1n) is 5.94. The van der Waals surface area contributed by atoms with Crippen molar-refractivity contribution >= 4 is 11.0 Å². The molecule has 2 N–H and O–H groups in total. The number of hydrogen-bond acceptors (Lipinski definition) is 2. The first-order chi connectivity index (χ1) is 8.76. The van der Waals surface area contributed by atoms with Crippen LogP contribution in [0.25, 0.3) is 22.4 Å². The molecule has 3 rings (SSSR count). The first kappa shape index (κ1) is 10.8. The number of nitrogens with one attached hydrogen (secondary N) is 2. The molecular formula is C14H13N3O. The van der Waals surface area contributed by atoms with Crippen molar-refractivity contribution in [3.8, 4) is 11.4 Å². The monoisotopic (exact) mass is 239 g/mol. The molecular weight excluding hydrogens is 226 g/mol. The maximum absolute atomic E-state index is 11.0. The lowest BCUT2D eigenvalue weighted by Crippen LogP contribution is -2.01. The van der Waals surface area contributed by atoms with Crippen molar-refractivity contribution in [1.82, 2.24) is 15.0 Å². The lowest BCUT2D eigenvalue weighted by Gasteiger charge is -1.94. The van der Waals surface area contributed by atoms with Crippen LogP contribution in [0.2, 0.25) is 0 Å². The standard InChI is InChI=1S/C14H13N3O/c1-2-9-3-5-11-12(7-9)17-14(16-11)10-4-6-13(18)15-8-10/h3-8H,2H2,1H3,(H,15,18)(H,16,17). The van der Waals surface area contributed by atoms with Gasteiger partial charge in [-0.05, 0) is 30.2 Å². The summed E-state index contributed by atoms with van der Waals surface area (Å²) in [4.78, 5) is 21.5. The molecule has 4 heteroatoms. The van der Waals surface area contributed by atoms with E-state index in [1.807, 2.05) is 6.07 Å². The third-order valence-corrected chi connectivity index (χ3v) is 3.01. The molecule has 0 atom stereocenters. The second-order valence-corrected chi connectivity index (χ2v) is 4.23. The number of imidazole rings is 1. The quantitative estimate of drug-likeness (QED) is 0.721. The Morgan fingerprint density at radius 1 is 1.22 bits per heavy atom. The van der Waals surface area contributed by atoms with Gasteiger partial charge in [-0.2, -0.15) is 0 Å². The van der Waals surface area contributed by atoms with Gasteiger partial charge >= 0.3 is 0 Å². The molecule has 0 unspecified atom stereocenters. The van der Waals surface area contributed by atoms with E-state index in [-0.39, 0.29) is 5.56 Å². The topological polar surface area (TPSA) is 61.5 Å². The fourth-order valence-electron chi connectivity index (χ4n) is 1.97. The normalized spacial score (nSPS) is 10.9. The smallest absolute Gasteiger partial charge is 0.247 e. The zero-order valence-electron chi connectivity index (χ0n) is 10.0. The molecule has 0 bridgehead atoms. The van der Waals surface area contributed by atoms with Gasteiger partial charge in [0, 0.05) is 17.8 Å². The van der Waals surface area contributed by atoms with Gasteiger partial charge in [0.2, 0.25) is 5.56 Å². The molecule has 0 saturated carbocycles. The Balaban J connectivity index is 2.12. The Bertz CT molecular complexity index is 735. The number of pyridine rings is 1. The highest BCUT2D eigenvalue weighted by atomic mass is 16.1. The number of aromatic nitrogens is 3. The molecule has 0 aliphatic heterocycles. The van der Waals surface area contributed by atoms with Crippen LogP contribution in [0.5, 0.6) is 0 Å². The van der Waals surface area contributed by atoms with Gasteiger partial charge in [0.05, 0.1) is 11.0 Å². The highest BCUT2D eigenvalue weighted by Crippen LogP contribution is 2.20. The molecule has 2 heterocycles. The van der Waals surface area contributed by atoms with Gasteiger partial charge in [0.1, 0.15) is 5.82 Å².